The summed E-state index contributed by atoms with van der Waals surface area (Å²) in [7, 11) is 0. The number of oxime groups is 1. The minimum Gasteiger partial charge on any atom is -0.411 e. The van der Waals surface area contributed by atoms with Gasteiger partial charge < -0.3 is 5.21 Å². The molecule has 0 radical (unpaired) electrons. The van der Waals surface area contributed by atoms with Crippen molar-refractivity contribution in [2.45, 2.75) is 52.6 Å². The molecule has 0 saturated heterocycles. The second-order valence-corrected chi connectivity index (χ2v) is 4.91. The quantitative estimate of drug-likeness (QED) is 0.445. The van der Waals surface area contributed by atoms with Crippen molar-refractivity contribution in [2.75, 3.05) is 6.54 Å². The molecule has 0 bridgehead atoms. The second-order valence-electron chi connectivity index (χ2n) is 4.91. The molecule has 0 amide bonds. The van der Waals surface area contributed by atoms with Gasteiger partial charge in [-0.1, -0.05) is 31.5 Å². The minimum absolute atomic E-state index is 0.503. The molecule has 1 rings (SSSR count). The minimum atomic E-state index is 0.503. The molecular formula is C15H25N3O. The van der Waals surface area contributed by atoms with Crippen molar-refractivity contribution in [3.63, 3.8) is 0 Å². The van der Waals surface area contributed by atoms with E-state index in [1.54, 1.807) is 0 Å². The maximum Gasteiger partial charge on any atom is 0.0680 e. The predicted octanol–water partition coefficient (Wildman–Crippen LogP) is 3.31. The first kappa shape index (κ1) is 15.6. The van der Waals surface area contributed by atoms with E-state index in [1.165, 1.54) is 0 Å². The average molecular weight is 263 g/mol. The Kier molecular flexibility index (Phi) is 7.11. The molecule has 0 aliphatic rings. The number of hydrogen-bond donors (Lipinski definition) is 1. The molecular weight excluding hydrogens is 238 g/mol. The standard InChI is InChI=1S/C15H25N3O/c1-4-8-15(5-2)18(11-13(3)17-19)12-14-9-6-7-10-16-14/h6-7,9-10,15,19H,4-5,8,11-12H2,1-3H3/b17-13+. The third-order valence-electron chi connectivity index (χ3n) is 3.30. The van der Waals surface area contributed by atoms with Gasteiger partial charge in [0, 0.05) is 25.3 Å². The highest BCUT2D eigenvalue weighted by Crippen LogP contribution is 2.14. The van der Waals surface area contributed by atoms with E-state index >= 15 is 0 Å². The third-order valence-corrected chi connectivity index (χ3v) is 3.30. The zero-order valence-corrected chi connectivity index (χ0v) is 12.2. The van der Waals surface area contributed by atoms with Gasteiger partial charge in [-0.15, -0.1) is 0 Å². The Morgan fingerprint density at radius 1 is 1.42 bits per heavy atom. The molecule has 1 N–H and O–H groups in total. The number of pyridine rings is 1. The van der Waals surface area contributed by atoms with Crippen molar-refractivity contribution in [1.29, 1.82) is 0 Å². The Morgan fingerprint density at radius 3 is 2.74 bits per heavy atom. The summed E-state index contributed by atoms with van der Waals surface area (Å²) in [5, 5.41) is 12.2. The SMILES string of the molecule is CCCC(CC)N(C/C(C)=N/O)Cc1ccccn1. The van der Waals surface area contributed by atoms with Gasteiger partial charge in [0.05, 0.1) is 11.4 Å². The molecule has 1 atom stereocenters. The van der Waals surface area contributed by atoms with Gasteiger partial charge >= 0.3 is 0 Å². The lowest BCUT2D eigenvalue weighted by atomic mass is 10.1. The molecule has 0 saturated carbocycles. The zero-order valence-electron chi connectivity index (χ0n) is 12.2. The fraction of sp³-hybridized carbons (Fsp3) is 0.600. The fourth-order valence-electron chi connectivity index (χ4n) is 2.32. The van der Waals surface area contributed by atoms with Crippen LogP contribution in [-0.2, 0) is 6.54 Å². The van der Waals surface area contributed by atoms with Gasteiger partial charge in [-0.25, -0.2) is 0 Å². The molecule has 0 aliphatic heterocycles. The summed E-state index contributed by atoms with van der Waals surface area (Å²) in [6.45, 7) is 7.74. The molecule has 106 valence electrons. The van der Waals surface area contributed by atoms with Crippen molar-refractivity contribution in [1.82, 2.24) is 9.88 Å². The lowest BCUT2D eigenvalue weighted by Gasteiger charge is -2.30. The number of aromatic nitrogens is 1. The number of hydrogen-bond acceptors (Lipinski definition) is 4. The first-order chi connectivity index (χ1) is 9.21. The van der Waals surface area contributed by atoms with E-state index < -0.39 is 0 Å². The van der Waals surface area contributed by atoms with Crippen LogP contribution in [0.4, 0.5) is 0 Å². The highest BCUT2D eigenvalue weighted by Gasteiger charge is 2.17. The van der Waals surface area contributed by atoms with Crippen molar-refractivity contribution < 1.29 is 5.21 Å². The van der Waals surface area contributed by atoms with Crippen LogP contribution in [0.25, 0.3) is 0 Å². The van der Waals surface area contributed by atoms with Gasteiger partial charge in [-0.05, 0) is 31.9 Å². The van der Waals surface area contributed by atoms with E-state index in [0.717, 1.165) is 37.2 Å². The topological polar surface area (TPSA) is 48.7 Å². The Morgan fingerprint density at radius 2 is 2.21 bits per heavy atom. The molecule has 1 aromatic rings. The summed E-state index contributed by atoms with van der Waals surface area (Å²) in [4.78, 5) is 6.73. The molecule has 0 fully saturated rings. The molecule has 4 heteroatoms. The summed E-state index contributed by atoms with van der Waals surface area (Å²) < 4.78 is 0. The van der Waals surface area contributed by atoms with E-state index in [0.29, 0.717) is 12.6 Å². The van der Waals surface area contributed by atoms with E-state index in [9.17, 15) is 0 Å². The Hall–Kier alpha value is -1.42. The average Bonchev–Trinajstić information content (AvgIpc) is 2.45. The largest absolute Gasteiger partial charge is 0.411 e. The van der Waals surface area contributed by atoms with Gasteiger partial charge in [-0.3, -0.25) is 9.88 Å². The molecule has 4 nitrogen and oxygen atoms in total. The van der Waals surface area contributed by atoms with Crippen LogP contribution >= 0.6 is 0 Å². The first-order valence-electron chi connectivity index (χ1n) is 7.02. The van der Waals surface area contributed by atoms with Crippen molar-refractivity contribution in [3.8, 4) is 0 Å². The number of nitrogens with zero attached hydrogens (tertiary/aromatic N) is 3. The predicted molar refractivity (Wildman–Crippen MR) is 78.5 cm³/mol. The Balaban J connectivity index is 2.78. The monoisotopic (exact) mass is 263 g/mol. The highest BCUT2D eigenvalue weighted by molar-refractivity contribution is 5.83. The zero-order chi connectivity index (χ0) is 14.1. The van der Waals surface area contributed by atoms with E-state index in [2.05, 4.69) is 28.9 Å². The van der Waals surface area contributed by atoms with Crippen molar-refractivity contribution in [2.24, 2.45) is 5.16 Å². The fourth-order valence-corrected chi connectivity index (χ4v) is 2.32. The first-order valence-corrected chi connectivity index (χ1v) is 7.02. The van der Waals surface area contributed by atoms with Crippen molar-refractivity contribution in [3.05, 3.63) is 30.1 Å². The molecule has 19 heavy (non-hydrogen) atoms. The highest BCUT2D eigenvalue weighted by atomic mass is 16.4. The third kappa shape index (κ3) is 5.39. The van der Waals surface area contributed by atoms with Crippen LogP contribution in [0, 0.1) is 0 Å². The van der Waals surface area contributed by atoms with Crippen LogP contribution < -0.4 is 0 Å². The smallest absolute Gasteiger partial charge is 0.0680 e. The summed E-state index contributed by atoms with van der Waals surface area (Å²) in [6.07, 6.45) is 5.23. The van der Waals surface area contributed by atoms with Gasteiger partial charge in [0.15, 0.2) is 0 Å². The molecule has 1 unspecified atom stereocenters. The van der Waals surface area contributed by atoms with Crippen LogP contribution in [0.1, 0.15) is 45.7 Å². The molecule has 1 aromatic heterocycles. The lowest BCUT2D eigenvalue weighted by molar-refractivity contribution is 0.192. The van der Waals surface area contributed by atoms with Gasteiger partial charge in [0.2, 0.25) is 0 Å². The lowest BCUT2D eigenvalue weighted by Crippen LogP contribution is -2.38. The molecule has 0 spiro atoms. The summed E-state index contributed by atoms with van der Waals surface area (Å²) >= 11 is 0. The van der Waals surface area contributed by atoms with Crippen LogP contribution in [0.15, 0.2) is 29.6 Å². The summed E-state index contributed by atoms with van der Waals surface area (Å²) in [6, 6.07) is 6.48. The normalized spacial score (nSPS) is 13.8. The van der Waals surface area contributed by atoms with Gasteiger partial charge in [-0.2, -0.15) is 0 Å². The van der Waals surface area contributed by atoms with Crippen molar-refractivity contribution >= 4 is 5.71 Å². The van der Waals surface area contributed by atoms with Gasteiger partial charge in [0.1, 0.15) is 0 Å². The van der Waals surface area contributed by atoms with Crippen LogP contribution in [0.3, 0.4) is 0 Å². The van der Waals surface area contributed by atoms with Crippen LogP contribution in [0.5, 0.6) is 0 Å². The van der Waals surface area contributed by atoms with Crippen LogP contribution in [0.2, 0.25) is 0 Å². The van der Waals surface area contributed by atoms with Crippen LogP contribution in [-0.4, -0.2) is 33.4 Å². The maximum absolute atomic E-state index is 8.88. The maximum atomic E-state index is 8.88. The Bertz CT molecular complexity index is 378. The van der Waals surface area contributed by atoms with E-state index in [4.69, 9.17) is 5.21 Å². The second kappa shape index (κ2) is 8.64. The summed E-state index contributed by atoms with van der Waals surface area (Å²) in [5.41, 5.74) is 1.80. The Labute approximate surface area is 116 Å². The number of rotatable bonds is 8. The summed E-state index contributed by atoms with van der Waals surface area (Å²) in [5.74, 6) is 0. The van der Waals surface area contributed by atoms with E-state index in [-0.39, 0.29) is 0 Å². The van der Waals surface area contributed by atoms with Gasteiger partial charge in [0.25, 0.3) is 0 Å². The molecule has 1 heterocycles. The van der Waals surface area contributed by atoms with E-state index in [1.807, 2.05) is 31.3 Å². The molecule has 0 aliphatic carbocycles. The molecule has 0 aromatic carbocycles.